The van der Waals surface area contributed by atoms with E-state index in [0.29, 0.717) is 24.5 Å². The molecule has 2 aromatic rings. The van der Waals surface area contributed by atoms with Crippen LogP contribution in [0, 0.1) is 11.3 Å². The summed E-state index contributed by atoms with van der Waals surface area (Å²) >= 11 is 0. The van der Waals surface area contributed by atoms with Gasteiger partial charge in [-0.25, -0.2) is 0 Å². The van der Waals surface area contributed by atoms with E-state index in [4.69, 9.17) is 10.00 Å². The minimum atomic E-state index is -4.55. The first-order valence-electron chi connectivity index (χ1n) is 6.92. The van der Waals surface area contributed by atoms with Crippen molar-refractivity contribution in [3.05, 3.63) is 47.4 Å². The predicted octanol–water partition coefficient (Wildman–Crippen LogP) is 2.77. The zero-order chi connectivity index (χ0) is 16.9. The standard InChI is InChI=1S/C15H13B2F3N2O/c1-22(7-8-23-14-3-2-6-16-17-14)12-5-4-11(10-21)13(9-12)15(18,19)20/h2-6,9H,7-8H2,1H3. The summed E-state index contributed by atoms with van der Waals surface area (Å²) < 4.78 is 44.4. The van der Waals surface area contributed by atoms with Gasteiger partial charge in [0.15, 0.2) is 0 Å². The average molecular weight is 316 g/mol. The number of likely N-dealkylation sites (N-methyl/N-ethyl adjacent to an activating group) is 1. The van der Waals surface area contributed by atoms with E-state index < -0.39 is 11.7 Å². The van der Waals surface area contributed by atoms with Crippen molar-refractivity contribution in [1.82, 2.24) is 0 Å². The van der Waals surface area contributed by atoms with Gasteiger partial charge >= 0.3 is 133 Å². The van der Waals surface area contributed by atoms with Crippen molar-refractivity contribution in [2.75, 3.05) is 25.1 Å². The SMILES string of the molecule is CN(CCOc1bbccc1)c1ccc(C#N)c(C(F)(F)F)c1. The third-order valence-corrected chi connectivity index (χ3v) is 3.31. The van der Waals surface area contributed by atoms with Crippen LogP contribution >= 0.6 is 0 Å². The van der Waals surface area contributed by atoms with Crippen molar-refractivity contribution in [1.29, 1.82) is 5.26 Å². The number of hydrogen-bond acceptors (Lipinski definition) is 3. The Morgan fingerprint density at radius 1 is 1.30 bits per heavy atom. The first kappa shape index (κ1) is 17.1. The van der Waals surface area contributed by atoms with E-state index in [1.165, 1.54) is 12.1 Å². The summed E-state index contributed by atoms with van der Waals surface area (Å²) in [6, 6.07) is 8.89. The number of hydrogen-bond donors (Lipinski definition) is 0. The van der Waals surface area contributed by atoms with Crippen LogP contribution in [0.15, 0.2) is 36.3 Å². The molecule has 0 N–H and O–H groups in total. The van der Waals surface area contributed by atoms with Gasteiger partial charge in [0, 0.05) is 0 Å². The maximum absolute atomic E-state index is 13.0. The molecule has 1 aromatic heterocycles. The van der Waals surface area contributed by atoms with Crippen LogP contribution in [-0.4, -0.2) is 33.8 Å². The van der Waals surface area contributed by atoms with E-state index in [9.17, 15) is 13.2 Å². The normalized spacial score (nSPS) is 10.6. The topological polar surface area (TPSA) is 36.3 Å². The summed E-state index contributed by atoms with van der Waals surface area (Å²) in [4.78, 5) is 1.65. The molecular weight excluding hydrogens is 303 g/mol. The fourth-order valence-corrected chi connectivity index (χ4v) is 2.05. The van der Waals surface area contributed by atoms with E-state index in [1.54, 1.807) is 18.0 Å². The van der Waals surface area contributed by atoms with Crippen LogP contribution in [0.4, 0.5) is 18.9 Å². The minimum absolute atomic E-state index is 0.335. The summed E-state index contributed by atoms with van der Waals surface area (Å²) in [6.45, 7) is 4.40. The first-order chi connectivity index (χ1) is 10.9. The quantitative estimate of drug-likeness (QED) is 0.851. The summed E-state index contributed by atoms with van der Waals surface area (Å²) in [5.41, 5.74) is -0.215. The fraction of sp³-hybridized carbons (Fsp3) is 0.267. The van der Waals surface area contributed by atoms with Crippen LogP contribution < -0.4 is 9.64 Å². The molecule has 0 aliphatic heterocycles. The molecule has 116 valence electrons. The van der Waals surface area contributed by atoms with Crippen LogP contribution in [0.2, 0.25) is 0 Å². The van der Waals surface area contributed by atoms with Crippen molar-refractivity contribution >= 4 is 19.3 Å². The first-order valence-corrected chi connectivity index (χ1v) is 6.92. The molecule has 0 bridgehead atoms. The van der Waals surface area contributed by atoms with Gasteiger partial charge in [0.05, 0.1) is 0 Å². The van der Waals surface area contributed by atoms with Gasteiger partial charge in [-0.2, -0.15) is 0 Å². The van der Waals surface area contributed by atoms with Crippen LogP contribution in [0.3, 0.4) is 0 Å². The zero-order valence-corrected chi connectivity index (χ0v) is 12.5. The maximum atomic E-state index is 13.0. The Balaban J connectivity index is 2.05. The van der Waals surface area contributed by atoms with Gasteiger partial charge in [-0.05, 0) is 0 Å². The van der Waals surface area contributed by atoms with Gasteiger partial charge in [-0.3, -0.25) is 0 Å². The zero-order valence-electron chi connectivity index (χ0n) is 12.5. The number of ether oxygens (including phenoxy) is 1. The van der Waals surface area contributed by atoms with Crippen molar-refractivity contribution in [2.45, 2.75) is 6.18 Å². The molecule has 0 spiro atoms. The van der Waals surface area contributed by atoms with E-state index in [2.05, 4.69) is 0 Å². The summed E-state index contributed by atoms with van der Waals surface area (Å²) in [5, 5.41) is 8.80. The molecular formula is C15H13B2F3N2O. The third-order valence-electron chi connectivity index (χ3n) is 3.31. The van der Waals surface area contributed by atoms with Crippen molar-refractivity contribution < 1.29 is 17.9 Å². The van der Waals surface area contributed by atoms with Gasteiger partial charge in [0.2, 0.25) is 0 Å². The van der Waals surface area contributed by atoms with Crippen LogP contribution in [0.5, 0.6) is 5.64 Å². The van der Waals surface area contributed by atoms with E-state index >= 15 is 0 Å². The molecule has 1 aromatic carbocycles. The third kappa shape index (κ3) is 4.59. The molecule has 0 fully saturated rings. The van der Waals surface area contributed by atoms with Gasteiger partial charge in [0.1, 0.15) is 0 Å². The molecule has 23 heavy (non-hydrogen) atoms. The average Bonchev–Trinajstić information content (AvgIpc) is 2.54. The molecule has 0 saturated carbocycles. The number of rotatable bonds is 5. The second kappa shape index (κ2) is 7.32. The van der Waals surface area contributed by atoms with Crippen LogP contribution in [0.1, 0.15) is 11.1 Å². The summed E-state index contributed by atoms with van der Waals surface area (Å²) in [5.74, 6) is 1.87. The van der Waals surface area contributed by atoms with Crippen molar-refractivity contribution in [2.24, 2.45) is 0 Å². The molecule has 0 aliphatic rings. The summed E-state index contributed by atoms with van der Waals surface area (Å²) in [6.07, 6.45) is -4.55. The Hall–Kier alpha value is -2.29. The number of anilines is 1. The Labute approximate surface area is 133 Å². The second-order valence-electron chi connectivity index (χ2n) is 4.92. The van der Waals surface area contributed by atoms with E-state index in [1.807, 2.05) is 31.7 Å². The fourth-order valence-electron chi connectivity index (χ4n) is 2.05. The summed E-state index contributed by atoms with van der Waals surface area (Å²) in [7, 11) is 1.68. The molecule has 0 saturated heterocycles. The molecule has 0 unspecified atom stereocenters. The number of halogens is 3. The molecule has 0 atom stereocenters. The molecule has 3 nitrogen and oxygen atoms in total. The Morgan fingerprint density at radius 2 is 2.09 bits per heavy atom. The molecule has 0 aliphatic carbocycles. The molecule has 8 heteroatoms. The predicted molar refractivity (Wildman–Crippen MR) is 84.1 cm³/mol. The van der Waals surface area contributed by atoms with Gasteiger partial charge in [-0.15, -0.1) is 0 Å². The molecule has 1 heterocycles. The van der Waals surface area contributed by atoms with Gasteiger partial charge in [-0.1, -0.05) is 0 Å². The van der Waals surface area contributed by atoms with E-state index in [0.717, 1.165) is 6.07 Å². The molecule has 0 amide bonds. The van der Waals surface area contributed by atoms with Gasteiger partial charge < -0.3 is 0 Å². The number of nitrogens with zero attached hydrogens (tertiary/aromatic N) is 2. The van der Waals surface area contributed by atoms with Crippen LogP contribution in [-0.2, 0) is 6.18 Å². The number of nitriles is 1. The monoisotopic (exact) mass is 316 g/mol. The second-order valence-corrected chi connectivity index (χ2v) is 4.92. The number of alkyl halides is 3. The molecule has 2 rings (SSSR count). The van der Waals surface area contributed by atoms with Crippen molar-refractivity contribution in [3.8, 4) is 11.7 Å². The number of benzene rings is 1. The molecule has 0 radical (unpaired) electrons. The van der Waals surface area contributed by atoms with Gasteiger partial charge in [0.25, 0.3) is 0 Å². The Morgan fingerprint density at radius 3 is 2.70 bits per heavy atom. The van der Waals surface area contributed by atoms with Crippen LogP contribution in [0.25, 0.3) is 0 Å². The van der Waals surface area contributed by atoms with E-state index in [-0.39, 0.29) is 5.56 Å². The Kier molecular flexibility index (Phi) is 5.43. The Bertz CT molecular complexity index is 702. The van der Waals surface area contributed by atoms with Crippen molar-refractivity contribution in [3.63, 3.8) is 0 Å².